The number of hydrogen-bond donors (Lipinski definition) is 1. The van der Waals surface area contributed by atoms with Crippen molar-refractivity contribution in [1.82, 2.24) is 10.2 Å². The van der Waals surface area contributed by atoms with Gasteiger partial charge in [-0.3, -0.25) is 14.4 Å². The first-order valence-corrected chi connectivity index (χ1v) is 8.35. The van der Waals surface area contributed by atoms with Crippen molar-refractivity contribution in [2.45, 2.75) is 32.2 Å². The number of carbonyl (C=O) groups is 3. The van der Waals surface area contributed by atoms with Crippen LogP contribution in [0.5, 0.6) is 5.75 Å². The van der Waals surface area contributed by atoms with Gasteiger partial charge in [-0.25, -0.2) is 0 Å². The van der Waals surface area contributed by atoms with Crippen LogP contribution in [0.3, 0.4) is 0 Å². The zero-order valence-electron chi connectivity index (χ0n) is 14.6. The molecule has 0 aromatic heterocycles. The van der Waals surface area contributed by atoms with Crippen LogP contribution in [0.1, 0.15) is 36.5 Å². The standard InChI is InChI=1S/C18H24N2O5/c1-13(21)25-16-5-3-4-14(12-16)18(23)19-15-6-9-20(10-7-15)17(22)8-11-24-2/h3-5,12,15H,6-11H2,1-2H3,(H,19,23). The van der Waals surface area contributed by atoms with Gasteiger partial charge in [-0.15, -0.1) is 0 Å². The summed E-state index contributed by atoms with van der Waals surface area (Å²) in [7, 11) is 1.57. The average Bonchev–Trinajstić information content (AvgIpc) is 2.60. The summed E-state index contributed by atoms with van der Waals surface area (Å²) in [6.07, 6.45) is 1.82. The molecule has 2 rings (SSSR count). The molecule has 1 aromatic carbocycles. The van der Waals surface area contributed by atoms with Crippen LogP contribution < -0.4 is 10.1 Å². The molecule has 2 amide bonds. The molecule has 0 spiro atoms. The number of hydrogen-bond acceptors (Lipinski definition) is 5. The van der Waals surface area contributed by atoms with Crippen molar-refractivity contribution in [3.63, 3.8) is 0 Å². The van der Waals surface area contributed by atoms with Gasteiger partial charge >= 0.3 is 5.97 Å². The highest BCUT2D eigenvalue weighted by atomic mass is 16.5. The van der Waals surface area contributed by atoms with E-state index in [1.807, 2.05) is 4.90 Å². The SMILES string of the molecule is COCCC(=O)N1CCC(NC(=O)c2cccc(OC(C)=O)c2)CC1. The van der Waals surface area contributed by atoms with Crippen LogP contribution in [0.15, 0.2) is 24.3 Å². The third kappa shape index (κ3) is 5.86. The highest BCUT2D eigenvalue weighted by Crippen LogP contribution is 2.16. The van der Waals surface area contributed by atoms with E-state index in [4.69, 9.17) is 9.47 Å². The average molecular weight is 348 g/mol. The normalized spacial score (nSPS) is 14.9. The lowest BCUT2D eigenvalue weighted by molar-refractivity contribution is -0.133. The van der Waals surface area contributed by atoms with Gasteiger partial charge in [0.15, 0.2) is 0 Å². The minimum atomic E-state index is -0.428. The molecule has 0 radical (unpaired) electrons. The second kappa shape index (κ2) is 9.17. The minimum absolute atomic E-state index is 0.0244. The second-order valence-corrected chi connectivity index (χ2v) is 5.99. The van der Waals surface area contributed by atoms with Gasteiger partial charge in [-0.05, 0) is 31.0 Å². The summed E-state index contributed by atoms with van der Waals surface area (Å²) >= 11 is 0. The number of benzene rings is 1. The highest BCUT2D eigenvalue weighted by molar-refractivity contribution is 5.95. The van der Waals surface area contributed by atoms with E-state index in [0.717, 1.165) is 0 Å². The Morgan fingerprint density at radius 2 is 1.96 bits per heavy atom. The van der Waals surface area contributed by atoms with Crippen molar-refractivity contribution in [1.29, 1.82) is 0 Å². The Bertz CT molecular complexity index is 624. The first-order chi connectivity index (χ1) is 12.0. The van der Waals surface area contributed by atoms with Gasteiger partial charge in [-0.1, -0.05) is 6.07 Å². The lowest BCUT2D eigenvalue weighted by Gasteiger charge is -2.32. The molecule has 1 N–H and O–H groups in total. The van der Waals surface area contributed by atoms with E-state index in [1.54, 1.807) is 31.4 Å². The van der Waals surface area contributed by atoms with Gasteiger partial charge in [0.1, 0.15) is 5.75 Å². The van der Waals surface area contributed by atoms with Crippen molar-refractivity contribution in [2.24, 2.45) is 0 Å². The lowest BCUT2D eigenvalue weighted by Crippen LogP contribution is -2.46. The van der Waals surface area contributed by atoms with Gasteiger partial charge < -0.3 is 19.7 Å². The first-order valence-electron chi connectivity index (χ1n) is 8.35. The summed E-state index contributed by atoms with van der Waals surface area (Å²) in [4.78, 5) is 37.1. The molecule has 25 heavy (non-hydrogen) atoms. The summed E-state index contributed by atoms with van der Waals surface area (Å²) < 4.78 is 9.92. The smallest absolute Gasteiger partial charge is 0.308 e. The predicted octanol–water partition coefficient (Wildman–Crippen LogP) is 1.37. The van der Waals surface area contributed by atoms with Crippen LogP contribution in [0.4, 0.5) is 0 Å². The van der Waals surface area contributed by atoms with Crippen LogP contribution in [-0.2, 0) is 14.3 Å². The fraction of sp³-hybridized carbons (Fsp3) is 0.500. The van der Waals surface area contributed by atoms with Crippen molar-refractivity contribution < 1.29 is 23.9 Å². The molecule has 0 aliphatic carbocycles. The molecule has 0 atom stereocenters. The van der Waals surface area contributed by atoms with Gasteiger partial charge in [0.25, 0.3) is 5.91 Å². The van der Waals surface area contributed by atoms with Crippen molar-refractivity contribution in [3.8, 4) is 5.75 Å². The van der Waals surface area contributed by atoms with E-state index >= 15 is 0 Å². The molecule has 7 heteroatoms. The zero-order valence-corrected chi connectivity index (χ0v) is 14.6. The number of carbonyl (C=O) groups excluding carboxylic acids is 3. The van der Waals surface area contributed by atoms with Crippen molar-refractivity contribution >= 4 is 17.8 Å². The number of rotatable bonds is 6. The molecule has 7 nitrogen and oxygen atoms in total. The number of piperidine rings is 1. The third-order valence-corrected chi connectivity index (χ3v) is 4.06. The molecule has 1 aromatic rings. The molecule has 1 fully saturated rings. The van der Waals surface area contributed by atoms with E-state index in [1.165, 1.54) is 6.92 Å². The minimum Gasteiger partial charge on any atom is -0.427 e. The fourth-order valence-corrected chi connectivity index (χ4v) is 2.76. The third-order valence-electron chi connectivity index (χ3n) is 4.06. The number of nitrogens with one attached hydrogen (secondary N) is 1. The number of nitrogens with zero attached hydrogens (tertiary/aromatic N) is 1. The fourth-order valence-electron chi connectivity index (χ4n) is 2.76. The quantitative estimate of drug-likeness (QED) is 0.620. The maximum atomic E-state index is 12.4. The highest BCUT2D eigenvalue weighted by Gasteiger charge is 2.24. The van der Waals surface area contributed by atoms with Gasteiger partial charge in [0, 0.05) is 38.7 Å². The number of likely N-dealkylation sites (tertiary alicyclic amines) is 1. The summed E-state index contributed by atoms with van der Waals surface area (Å²) in [5.74, 6) is -0.208. The predicted molar refractivity (Wildman–Crippen MR) is 91.3 cm³/mol. The van der Waals surface area contributed by atoms with Crippen LogP contribution in [0.25, 0.3) is 0 Å². The van der Waals surface area contributed by atoms with Gasteiger partial charge in [-0.2, -0.15) is 0 Å². The Labute approximate surface area is 147 Å². The Balaban J connectivity index is 1.84. The second-order valence-electron chi connectivity index (χ2n) is 5.99. The van der Waals surface area contributed by atoms with E-state index < -0.39 is 5.97 Å². The summed E-state index contributed by atoms with van der Waals surface area (Å²) in [5.41, 5.74) is 0.442. The summed E-state index contributed by atoms with van der Waals surface area (Å²) in [6, 6.07) is 6.54. The van der Waals surface area contributed by atoms with E-state index in [2.05, 4.69) is 5.32 Å². The molecular weight excluding hydrogens is 324 g/mol. The van der Waals surface area contributed by atoms with Crippen molar-refractivity contribution in [3.05, 3.63) is 29.8 Å². The van der Waals surface area contributed by atoms with Crippen LogP contribution in [0.2, 0.25) is 0 Å². The number of esters is 1. The molecule has 0 unspecified atom stereocenters. The zero-order chi connectivity index (χ0) is 18.2. The molecule has 0 saturated carbocycles. The Hall–Kier alpha value is -2.41. The molecule has 1 aliphatic heterocycles. The van der Waals surface area contributed by atoms with E-state index in [9.17, 15) is 14.4 Å². The van der Waals surface area contributed by atoms with Crippen LogP contribution in [0, 0.1) is 0 Å². The Kier molecular flexibility index (Phi) is 6.94. The first kappa shape index (κ1) is 18.9. The molecular formula is C18H24N2O5. The topological polar surface area (TPSA) is 84.9 Å². The summed E-state index contributed by atoms with van der Waals surface area (Å²) in [5, 5.41) is 2.98. The molecule has 1 aliphatic rings. The Morgan fingerprint density at radius 3 is 2.60 bits per heavy atom. The number of amides is 2. The van der Waals surface area contributed by atoms with E-state index in [0.29, 0.717) is 50.3 Å². The molecule has 1 heterocycles. The molecule has 0 bridgehead atoms. The largest absolute Gasteiger partial charge is 0.427 e. The molecule has 136 valence electrons. The van der Waals surface area contributed by atoms with Gasteiger partial charge in [0.05, 0.1) is 13.0 Å². The Morgan fingerprint density at radius 1 is 1.24 bits per heavy atom. The number of methoxy groups -OCH3 is 1. The maximum Gasteiger partial charge on any atom is 0.308 e. The molecule has 1 saturated heterocycles. The monoisotopic (exact) mass is 348 g/mol. The van der Waals surface area contributed by atoms with Crippen LogP contribution >= 0.6 is 0 Å². The maximum absolute atomic E-state index is 12.4. The van der Waals surface area contributed by atoms with E-state index in [-0.39, 0.29) is 17.9 Å². The van der Waals surface area contributed by atoms with Gasteiger partial charge in [0.2, 0.25) is 5.91 Å². The summed E-state index contributed by atoms with van der Waals surface area (Å²) in [6.45, 7) is 2.99. The number of ether oxygens (including phenoxy) is 2. The lowest BCUT2D eigenvalue weighted by atomic mass is 10.0. The van der Waals surface area contributed by atoms with Crippen molar-refractivity contribution in [2.75, 3.05) is 26.8 Å². The van der Waals surface area contributed by atoms with Crippen LogP contribution in [-0.4, -0.2) is 55.5 Å².